The Morgan fingerprint density at radius 1 is 0.224 bits per heavy atom. The van der Waals surface area contributed by atoms with E-state index in [2.05, 4.69) is 266 Å². The third-order valence-corrected chi connectivity index (χ3v) is 15.1. The van der Waals surface area contributed by atoms with Gasteiger partial charge in [0.15, 0.2) is 0 Å². The number of anilines is 3. The Morgan fingerprint density at radius 2 is 0.597 bits per heavy atom. The Balaban J connectivity index is 1.04. The summed E-state index contributed by atoms with van der Waals surface area (Å²) in [5, 5.41) is 2.52. The standard InChI is InChI=1S/C66H43N/c1-4-18-44(19-5-1)45-32-34-50(35-33-45)67(51-36-38-56-53-26-12-15-29-59(53)65(63(56)42-51,48-22-6-2-7-23-48)49-24-8-3-9-25-49)52-37-39-57-54-27-13-16-30-60(54)66(64(57)43-52)61-31-17-14-28-55(61)58-40-46-20-10-11-21-47(46)41-62(58)66/h1-43H. The van der Waals surface area contributed by atoms with E-state index >= 15 is 0 Å². The second-order valence-electron chi connectivity index (χ2n) is 18.3. The first kappa shape index (κ1) is 37.8. The maximum absolute atomic E-state index is 2.52. The Bertz CT molecular complexity index is 3700. The minimum Gasteiger partial charge on any atom is -0.310 e. The van der Waals surface area contributed by atoms with Crippen LogP contribution in [0, 0.1) is 0 Å². The Labute approximate surface area is 391 Å². The number of fused-ring (bicyclic) bond motifs is 14. The summed E-state index contributed by atoms with van der Waals surface area (Å²) in [7, 11) is 0. The highest BCUT2D eigenvalue weighted by Gasteiger charge is 2.52. The van der Waals surface area contributed by atoms with E-state index in [0.29, 0.717) is 0 Å². The van der Waals surface area contributed by atoms with Crippen LogP contribution in [0.1, 0.15) is 44.5 Å². The van der Waals surface area contributed by atoms with Gasteiger partial charge in [0.2, 0.25) is 0 Å². The van der Waals surface area contributed by atoms with Gasteiger partial charge in [-0.1, -0.05) is 212 Å². The van der Waals surface area contributed by atoms with E-state index in [4.69, 9.17) is 0 Å². The van der Waals surface area contributed by atoms with Crippen molar-refractivity contribution in [1.29, 1.82) is 0 Å². The average Bonchev–Trinajstić information content (AvgIpc) is 3.98. The quantitative estimate of drug-likeness (QED) is 0.161. The Hall–Kier alpha value is -8.52. The van der Waals surface area contributed by atoms with Crippen molar-refractivity contribution in [2.45, 2.75) is 10.8 Å². The molecule has 0 N–H and O–H groups in total. The molecule has 312 valence electrons. The third-order valence-electron chi connectivity index (χ3n) is 15.1. The van der Waals surface area contributed by atoms with Crippen LogP contribution in [-0.4, -0.2) is 0 Å². The first-order valence-corrected chi connectivity index (χ1v) is 23.4. The number of rotatable bonds is 6. The molecule has 0 bridgehead atoms. The lowest BCUT2D eigenvalue weighted by Crippen LogP contribution is -2.28. The molecule has 3 aliphatic carbocycles. The van der Waals surface area contributed by atoms with Crippen molar-refractivity contribution >= 4 is 27.8 Å². The predicted octanol–water partition coefficient (Wildman–Crippen LogP) is 16.7. The molecule has 11 aromatic rings. The zero-order valence-corrected chi connectivity index (χ0v) is 36.8. The molecule has 0 amide bonds. The summed E-state index contributed by atoms with van der Waals surface area (Å²) in [6, 6.07) is 97.6. The number of nitrogens with zero attached hydrogens (tertiary/aromatic N) is 1. The van der Waals surface area contributed by atoms with Crippen LogP contribution < -0.4 is 4.90 Å². The molecule has 1 heteroatoms. The largest absolute Gasteiger partial charge is 0.310 e. The van der Waals surface area contributed by atoms with Crippen LogP contribution in [0.25, 0.3) is 55.3 Å². The van der Waals surface area contributed by atoms with Crippen molar-refractivity contribution in [3.8, 4) is 44.5 Å². The lowest BCUT2D eigenvalue weighted by Gasteiger charge is -2.35. The zero-order chi connectivity index (χ0) is 44.1. The predicted molar refractivity (Wildman–Crippen MR) is 278 cm³/mol. The second kappa shape index (κ2) is 14.5. The van der Waals surface area contributed by atoms with Crippen LogP contribution in [0.5, 0.6) is 0 Å². The Morgan fingerprint density at radius 3 is 1.15 bits per heavy atom. The van der Waals surface area contributed by atoms with Gasteiger partial charge in [-0.15, -0.1) is 0 Å². The van der Waals surface area contributed by atoms with E-state index in [9.17, 15) is 0 Å². The maximum Gasteiger partial charge on any atom is 0.0726 e. The summed E-state index contributed by atoms with van der Waals surface area (Å²) in [5.74, 6) is 0. The van der Waals surface area contributed by atoms with Crippen molar-refractivity contribution in [2.24, 2.45) is 0 Å². The van der Waals surface area contributed by atoms with Gasteiger partial charge in [-0.05, 0) is 148 Å². The lowest BCUT2D eigenvalue weighted by molar-refractivity contribution is 0.768. The molecule has 67 heavy (non-hydrogen) atoms. The monoisotopic (exact) mass is 849 g/mol. The topological polar surface area (TPSA) is 3.24 Å². The highest BCUT2D eigenvalue weighted by atomic mass is 15.1. The van der Waals surface area contributed by atoms with Gasteiger partial charge in [-0.25, -0.2) is 0 Å². The van der Waals surface area contributed by atoms with Gasteiger partial charge in [-0.2, -0.15) is 0 Å². The van der Waals surface area contributed by atoms with Crippen LogP contribution in [0.3, 0.4) is 0 Å². The van der Waals surface area contributed by atoms with Crippen molar-refractivity contribution in [3.05, 3.63) is 305 Å². The Kier molecular flexibility index (Phi) is 8.18. The van der Waals surface area contributed by atoms with Crippen molar-refractivity contribution < 1.29 is 0 Å². The second-order valence-corrected chi connectivity index (χ2v) is 18.3. The fraction of sp³-hybridized carbons (Fsp3) is 0.0303. The van der Waals surface area contributed by atoms with Crippen molar-refractivity contribution in [1.82, 2.24) is 0 Å². The number of benzene rings is 11. The van der Waals surface area contributed by atoms with E-state index in [1.807, 2.05) is 0 Å². The first-order valence-electron chi connectivity index (χ1n) is 23.4. The average molecular weight is 850 g/mol. The summed E-state index contributed by atoms with van der Waals surface area (Å²) in [5.41, 5.74) is 22.9. The van der Waals surface area contributed by atoms with Crippen LogP contribution >= 0.6 is 0 Å². The molecule has 0 heterocycles. The van der Waals surface area contributed by atoms with Gasteiger partial charge >= 0.3 is 0 Å². The first-order chi connectivity index (χ1) is 33.2. The smallest absolute Gasteiger partial charge is 0.0726 e. The molecule has 1 unspecified atom stereocenters. The van der Waals surface area contributed by atoms with Gasteiger partial charge in [0, 0.05) is 17.1 Å². The number of hydrogen-bond acceptors (Lipinski definition) is 1. The summed E-state index contributed by atoms with van der Waals surface area (Å²) in [6.45, 7) is 0. The normalized spacial score (nSPS) is 15.3. The molecule has 1 atom stereocenters. The van der Waals surface area contributed by atoms with Gasteiger partial charge in [0.1, 0.15) is 0 Å². The van der Waals surface area contributed by atoms with Crippen molar-refractivity contribution in [3.63, 3.8) is 0 Å². The molecule has 0 aliphatic heterocycles. The fourth-order valence-electron chi connectivity index (χ4n) is 12.4. The maximum atomic E-state index is 2.52. The van der Waals surface area contributed by atoms with Crippen LogP contribution in [0.4, 0.5) is 17.1 Å². The van der Waals surface area contributed by atoms with Gasteiger partial charge in [-0.3, -0.25) is 0 Å². The van der Waals surface area contributed by atoms with E-state index < -0.39 is 10.8 Å². The molecule has 3 aliphatic rings. The highest BCUT2D eigenvalue weighted by molar-refractivity contribution is 6.01. The molecule has 1 nitrogen and oxygen atoms in total. The minimum atomic E-state index is -0.531. The van der Waals surface area contributed by atoms with Crippen LogP contribution in [-0.2, 0) is 10.8 Å². The molecular formula is C66H43N. The molecule has 11 aromatic carbocycles. The van der Waals surface area contributed by atoms with E-state index in [-0.39, 0.29) is 0 Å². The summed E-state index contributed by atoms with van der Waals surface area (Å²) < 4.78 is 0. The molecule has 1 spiro atoms. The molecule has 0 fully saturated rings. The van der Waals surface area contributed by atoms with Crippen molar-refractivity contribution in [2.75, 3.05) is 4.90 Å². The highest BCUT2D eigenvalue weighted by Crippen LogP contribution is 2.64. The summed E-state index contributed by atoms with van der Waals surface area (Å²) in [6.07, 6.45) is 0. The van der Waals surface area contributed by atoms with Gasteiger partial charge in [0.05, 0.1) is 10.8 Å². The molecule has 0 saturated heterocycles. The van der Waals surface area contributed by atoms with Crippen LogP contribution in [0.15, 0.2) is 261 Å². The zero-order valence-electron chi connectivity index (χ0n) is 36.8. The minimum absolute atomic E-state index is 0.504. The SMILES string of the molecule is c1ccc(-c2ccc(N(c3ccc4c(c3)C(c3ccccc3)(c3ccccc3)c3ccccc3-4)c3ccc4c(c3)C3(c5ccccc5-4)c4ccccc4-c4cc5ccccc5cc43)cc2)cc1. The molecule has 0 radical (unpaired) electrons. The van der Waals surface area contributed by atoms with E-state index in [1.54, 1.807) is 0 Å². The van der Waals surface area contributed by atoms with E-state index in [0.717, 1.165) is 17.1 Å². The summed E-state index contributed by atoms with van der Waals surface area (Å²) in [4.78, 5) is 2.50. The molecule has 0 saturated carbocycles. The summed E-state index contributed by atoms with van der Waals surface area (Å²) >= 11 is 0. The molecule has 14 rings (SSSR count). The lowest BCUT2D eigenvalue weighted by atomic mass is 9.67. The third kappa shape index (κ3) is 5.26. The molecule has 0 aromatic heterocycles. The van der Waals surface area contributed by atoms with Crippen LogP contribution in [0.2, 0.25) is 0 Å². The van der Waals surface area contributed by atoms with E-state index in [1.165, 1.54) is 99.8 Å². The number of hydrogen-bond donors (Lipinski definition) is 0. The van der Waals surface area contributed by atoms with Gasteiger partial charge < -0.3 is 4.90 Å². The van der Waals surface area contributed by atoms with Gasteiger partial charge in [0.25, 0.3) is 0 Å². The molecular weight excluding hydrogens is 807 g/mol. The fourth-order valence-corrected chi connectivity index (χ4v) is 12.4.